The minimum Gasteiger partial charge on any atom is -0.290 e. The van der Waals surface area contributed by atoms with Gasteiger partial charge in [0.25, 0.3) is 0 Å². The first kappa shape index (κ1) is 14.2. The molecule has 0 bridgehead atoms. The molecular formula is C16H19N3OS. The number of likely N-dealkylation sites (tertiary alicyclic amines) is 1. The number of likely N-dealkylation sites (N-methyl/N-ethyl adjacent to an activating group) is 1. The second kappa shape index (κ2) is 6.37. The van der Waals surface area contributed by atoms with E-state index < -0.39 is 0 Å². The van der Waals surface area contributed by atoms with Gasteiger partial charge in [-0.05, 0) is 24.9 Å². The van der Waals surface area contributed by atoms with Gasteiger partial charge in [0, 0.05) is 25.2 Å². The van der Waals surface area contributed by atoms with Gasteiger partial charge in [-0.25, -0.2) is 4.98 Å². The SMILES string of the molecule is CN(C(=O)C1CCCN1Cc1ccccc1)c1nccs1. The predicted octanol–water partition coefficient (Wildman–Crippen LogP) is 2.77. The summed E-state index contributed by atoms with van der Waals surface area (Å²) in [5, 5.41) is 2.67. The number of anilines is 1. The van der Waals surface area contributed by atoms with E-state index in [0.29, 0.717) is 0 Å². The molecule has 1 fully saturated rings. The minimum atomic E-state index is -0.0286. The third-order valence-corrected chi connectivity index (χ3v) is 4.76. The molecule has 1 saturated heterocycles. The van der Waals surface area contributed by atoms with E-state index in [-0.39, 0.29) is 11.9 Å². The number of nitrogens with zero attached hydrogens (tertiary/aromatic N) is 3. The average Bonchev–Trinajstić information content (AvgIpc) is 3.18. The number of amides is 1. The second-order valence-electron chi connectivity index (χ2n) is 5.33. The van der Waals surface area contributed by atoms with Gasteiger partial charge in [0.05, 0.1) is 6.04 Å². The number of carbonyl (C=O) groups excluding carboxylic acids is 1. The van der Waals surface area contributed by atoms with Crippen molar-refractivity contribution in [3.63, 3.8) is 0 Å². The van der Waals surface area contributed by atoms with Gasteiger partial charge >= 0.3 is 0 Å². The van der Waals surface area contributed by atoms with Gasteiger partial charge < -0.3 is 0 Å². The maximum absolute atomic E-state index is 12.7. The molecule has 110 valence electrons. The number of benzene rings is 1. The first-order valence-electron chi connectivity index (χ1n) is 7.21. The van der Waals surface area contributed by atoms with Crippen LogP contribution in [0, 0.1) is 0 Å². The summed E-state index contributed by atoms with van der Waals surface area (Å²) >= 11 is 1.50. The van der Waals surface area contributed by atoms with Crippen molar-refractivity contribution < 1.29 is 4.79 Å². The van der Waals surface area contributed by atoms with Crippen LogP contribution < -0.4 is 4.90 Å². The lowest BCUT2D eigenvalue weighted by Gasteiger charge is -2.26. The molecule has 0 saturated carbocycles. The number of thiazole rings is 1. The van der Waals surface area contributed by atoms with E-state index in [1.807, 2.05) is 30.6 Å². The highest BCUT2D eigenvalue weighted by atomic mass is 32.1. The van der Waals surface area contributed by atoms with E-state index in [9.17, 15) is 4.79 Å². The molecule has 1 unspecified atom stereocenters. The Kier molecular flexibility index (Phi) is 4.31. The Labute approximate surface area is 129 Å². The van der Waals surface area contributed by atoms with Crippen LogP contribution in [0.15, 0.2) is 41.9 Å². The molecule has 21 heavy (non-hydrogen) atoms. The van der Waals surface area contributed by atoms with Crippen molar-refractivity contribution in [1.29, 1.82) is 0 Å². The van der Waals surface area contributed by atoms with Gasteiger partial charge in [-0.15, -0.1) is 11.3 Å². The van der Waals surface area contributed by atoms with Crippen LogP contribution in [0.1, 0.15) is 18.4 Å². The highest BCUT2D eigenvalue weighted by Gasteiger charge is 2.33. The summed E-state index contributed by atoms with van der Waals surface area (Å²) in [5.74, 6) is 0.151. The highest BCUT2D eigenvalue weighted by Crippen LogP contribution is 2.24. The van der Waals surface area contributed by atoms with Gasteiger partial charge in [0.15, 0.2) is 5.13 Å². The first-order valence-corrected chi connectivity index (χ1v) is 8.08. The Bertz CT molecular complexity index is 585. The number of hydrogen-bond donors (Lipinski definition) is 0. The fourth-order valence-electron chi connectivity index (χ4n) is 2.81. The highest BCUT2D eigenvalue weighted by molar-refractivity contribution is 7.13. The lowest BCUT2D eigenvalue weighted by Crippen LogP contribution is -2.43. The molecule has 0 aliphatic carbocycles. The topological polar surface area (TPSA) is 36.4 Å². The molecule has 2 aromatic rings. The molecule has 1 aliphatic heterocycles. The van der Waals surface area contributed by atoms with Crippen molar-refractivity contribution in [2.45, 2.75) is 25.4 Å². The fraction of sp³-hybridized carbons (Fsp3) is 0.375. The van der Waals surface area contributed by atoms with Gasteiger partial charge in [0.2, 0.25) is 5.91 Å². The van der Waals surface area contributed by atoms with Gasteiger partial charge in [-0.1, -0.05) is 30.3 Å². The standard InChI is InChI=1S/C16H19N3OS/c1-18(16-17-9-11-21-16)15(20)14-8-5-10-19(14)12-13-6-3-2-4-7-13/h2-4,6-7,9,11,14H,5,8,10,12H2,1H3. The fourth-order valence-corrected chi connectivity index (χ4v) is 3.43. The maximum Gasteiger partial charge on any atom is 0.245 e. The summed E-state index contributed by atoms with van der Waals surface area (Å²) in [6, 6.07) is 10.3. The smallest absolute Gasteiger partial charge is 0.245 e. The van der Waals surface area contributed by atoms with Crippen molar-refractivity contribution in [1.82, 2.24) is 9.88 Å². The molecular weight excluding hydrogens is 282 g/mol. The van der Waals surface area contributed by atoms with E-state index >= 15 is 0 Å². The molecule has 0 radical (unpaired) electrons. The van der Waals surface area contributed by atoms with Crippen molar-refractivity contribution in [3.8, 4) is 0 Å². The van der Waals surface area contributed by atoms with Crippen molar-refractivity contribution in [2.75, 3.05) is 18.5 Å². The molecule has 1 aliphatic rings. The van der Waals surface area contributed by atoms with E-state index in [0.717, 1.165) is 31.1 Å². The van der Waals surface area contributed by atoms with Crippen LogP contribution >= 0.6 is 11.3 Å². The Morgan fingerprint density at radius 3 is 2.95 bits per heavy atom. The summed E-state index contributed by atoms with van der Waals surface area (Å²) in [6.45, 7) is 1.82. The Morgan fingerprint density at radius 1 is 1.43 bits per heavy atom. The normalized spacial score (nSPS) is 18.8. The predicted molar refractivity (Wildman–Crippen MR) is 85.4 cm³/mol. The van der Waals surface area contributed by atoms with E-state index in [1.165, 1.54) is 16.9 Å². The molecule has 1 atom stereocenters. The van der Waals surface area contributed by atoms with Crippen LogP contribution in [0.4, 0.5) is 5.13 Å². The summed E-state index contributed by atoms with van der Waals surface area (Å²) in [6.07, 6.45) is 3.75. The van der Waals surface area contributed by atoms with Crippen LogP contribution in [0.3, 0.4) is 0 Å². The zero-order chi connectivity index (χ0) is 14.7. The minimum absolute atomic E-state index is 0.0286. The third kappa shape index (κ3) is 3.14. The summed E-state index contributed by atoms with van der Waals surface area (Å²) in [4.78, 5) is 20.9. The lowest BCUT2D eigenvalue weighted by atomic mass is 10.1. The molecule has 2 heterocycles. The number of aromatic nitrogens is 1. The van der Waals surface area contributed by atoms with Crippen LogP contribution in [-0.2, 0) is 11.3 Å². The first-order chi connectivity index (χ1) is 10.3. The van der Waals surface area contributed by atoms with Crippen molar-refractivity contribution in [3.05, 3.63) is 47.5 Å². The molecule has 3 rings (SSSR count). The summed E-state index contributed by atoms with van der Waals surface area (Å²) in [7, 11) is 1.82. The molecule has 5 heteroatoms. The van der Waals surface area contributed by atoms with Gasteiger partial charge in [-0.2, -0.15) is 0 Å². The molecule has 0 spiro atoms. The second-order valence-corrected chi connectivity index (χ2v) is 6.20. The Hall–Kier alpha value is -1.72. The number of carbonyl (C=O) groups is 1. The summed E-state index contributed by atoms with van der Waals surface area (Å²) in [5.41, 5.74) is 1.26. The van der Waals surface area contributed by atoms with Crippen LogP contribution in [0.5, 0.6) is 0 Å². The Balaban J connectivity index is 1.70. The molecule has 4 nitrogen and oxygen atoms in total. The average molecular weight is 301 g/mol. The van der Waals surface area contributed by atoms with Gasteiger partial charge in [-0.3, -0.25) is 14.6 Å². The Morgan fingerprint density at radius 2 is 2.24 bits per heavy atom. The number of rotatable bonds is 4. The van der Waals surface area contributed by atoms with Crippen LogP contribution in [0.2, 0.25) is 0 Å². The molecule has 1 aromatic heterocycles. The summed E-state index contributed by atoms with van der Waals surface area (Å²) < 4.78 is 0. The van der Waals surface area contributed by atoms with E-state index in [1.54, 1.807) is 11.1 Å². The number of hydrogen-bond acceptors (Lipinski definition) is 4. The van der Waals surface area contributed by atoms with Gasteiger partial charge in [0.1, 0.15) is 0 Å². The quantitative estimate of drug-likeness (QED) is 0.871. The largest absolute Gasteiger partial charge is 0.290 e. The molecule has 1 amide bonds. The monoisotopic (exact) mass is 301 g/mol. The maximum atomic E-state index is 12.7. The van der Waals surface area contributed by atoms with Crippen LogP contribution in [0.25, 0.3) is 0 Å². The zero-order valence-electron chi connectivity index (χ0n) is 12.1. The lowest BCUT2D eigenvalue weighted by molar-refractivity contribution is -0.122. The van der Waals surface area contributed by atoms with Crippen LogP contribution in [-0.4, -0.2) is 35.4 Å². The third-order valence-electron chi connectivity index (χ3n) is 3.91. The van der Waals surface area contributed by atoms with E-state index in [2.05, 4.69) is 22.0 Å². The molecule has 1 aromatic carbocycles. The molecule has 0 N–H and O–H groups in total. The van der Waals surface area contributed by atoms with Crippen molar-refractivity contribution >= 4 is 22.4 Å². The van der Waals surface area contributed by atoms with Crippen molar-refractivity contribution in [2.24, 2.45) is 0 Å². The van der Waals surface area contributed by atoms with E-state index in [4.69, 9.17) is 0 Å². The zero-order valence-corrected chi connectivity index (χ0v) is 12.9.